The number of Topliss-reactive ketones (excluding diaryl/α,β-unsaturated/α-hetero) is 1. The average Bonchev–Trinajstić information content (AvgIpc) is 2.26. The first-order chi connectivity index (χ1) is 7.66. The van der Waals surface area contributed by atoms with Gasteiger partial charge in [-0.2, -0.15) is 0 Å². The predicted molar refractivity (Wildman–Crippen MR) is 62.5 cm³/mol. The Morgan fingerprint density at radius 2 is 1.35 bits per heavy atom. The molecule has 17 heavy (non-hydrogen) atoms. The van der Waals surface area contributed by atoms with E-state index in [9.17, 15) is 14.4 Å². The summed E-state index contributed by atoms with van der Waals surface area (Å²) in [7, 11) is 2.03. The molecule has 0 N–H and O–H groups in total. The number of carbonyl (C=O) groups excluding carboxylic acids is 3. The first kappa shape index (κ1) is 16.8. The molecule has 0 aromatic carbocycles. The predicted octanol–water partition coefficient (Wildman–Crippen LogP) is 1.50. The minimum Gasteiger partial charge on any atom is -0.468 e. The second-order valence-corrected chi connectivity index (χ2v) is 5.54. The Balaban J connectivity index is 5.14. The molecule has 5 nitrogen and oxygen atoms in total. The maximum atomic E-state index is 11.5. The van der Waals surface area contributed by atoms with E-state index in [4.69, 9.17) is 46.4 Å². The zero-order chi connectivity index (χ0) is 13.8. The number of hydrogen-bond acceptors (Lipinski definition) is 5. The molecular weight excluding hydrogens is 318 g/mol. The van der Waals surface area contributed by atoms with E-state index in [1.807, 2.05) is 0 Å². The van der Waals surface area contributed by atoms with E-state index in [0.29, 0.717) is 0 Å². The molecule has 0 amide bonds. The summed E-state index contributed by atoms with van der Waals surface area (Å²) in [5.74, 6) is -4.92. The third-order valence-electron chi connectivity index (χ3n) is 1.73. The van der Waals surface area contributed by atoms with Crippen LogP contribution in [-0.2, 0) is 23.9 Å². The lowest BCUT2D eigenvalue weighted by Crippen LogP contribution is -2.42. The molecule has 0 saturated heterocycles. The fourth-order valence-corrected chi connectivity index (χ4v) is 1.79. The summed E-state index contributed by atoms with van der Waals surface area (Å²) in [6, 6.07) is 0. The number of esters is 2. The molecule has 0 rings (SSSR count). The summed E-state index contributed by atoms with van der Waals surface area (Å²) >= 11 is 21.6. The van der Waals surface area contributed by atoms with Crippen molar-refractivity contribution < 1.29 is 23.9 Å². The van der Waals surface area contributed by atoms with Gasteiger partial charge in [-0.1, -0.05) is 34.8 Å². The summed E-state index contributed by atoms with van der Waals surface area (Å²) < 4.78 is 6.29. The van der Waals surface area contributed by atoms with E-state index in [1.54, 1.807) is 0 Å². The van der Waals surface area contributed by atoms with Crippen LogP contribution in [0.15, 0.2) is 0 Å². The quantitative estimate of drug-likeness (QED) is 0.445. The Morgan fingerprint density at radius 3 is 1.59 bits per heavy atom. The molecule has 0 heterocycles. The Hall–Kier alpha value is -0.230. The van der Waals surface area contributed by atoms with E-state index in [1.165, 1.54) is 0 Å². The molecular formula is C8H8Cl4O5. The Kier molecular flexibility index (Phi) is 6.55. The van der Waals surface area contributed by atoms with Crippen molar-refractivity contribution in [3.05, 3.63) is 0 Å². The first-order valence-corrected chi connectivity index (χ1v) is 5.64. The van der Waals surface area contributed by atoms with Gasteiger partial charge in [-0.05, 0) is 0 Å². The van der Waals surface area contributed by atoms with E-state index < -0.39 is 32.8 Å². The van der Waals surface area contributed by atoms with Crippen LogP contribution in [0.5, 0.6) is 0 Å². The minimum absolute atomic E-state index is 1.02. The van der Waals surface area contributed by atoms with Gasteiger partial charge in [0.15, 0.2) is 5.92 Å². The lowest BCUT2D eigenvalue weighted by Gasteiger charge is -2.19. The zero-order valence-corrected chi connectivity index (χ0v) is 11.7. The highest BCUT2D eigenvalue weighted by molar-refractivity contribution is 6.77. The van der Waals surface area contributed by atoms with Crippen molar-refractivity contribution in [1.29, 1.82) is 0 Å². The van der Waals surface area contributed by atoms with Crippen molar-refractivity contribution >= 4 is 64.1 Å². The van der Waals surface area contributed by atoms with Gasteiger partial charge in [-0.15, -0.1) is 11.6 Å². The molecule has 0 aliphatic heterocycles. The van der Waals surface area contributed by atoms with Gasteiger partial charge in [0.1, 0.15) is 5.38 Å². The van der Waals surface area contributed by atoms with Gasteiger partial charge in [0, 0.05) is 0 Å². The fourth-order valence-electron chi connectivity index (χ4n) is 0.897. The topological polar surface area (TPSA) is 69.7 Å². The summed E-state index contributed by atoms with van der Waals surface area (Å²) in [4.78, 5) is 34.1. The Labute approximate surface area is 117 Å². The number of carbonyl (C=O) groups is 3. The van der Waals surface area contributed by atoms with Crippen LogP contribution in [0.4, 0.5) is 0 Å². The summed E-state index contributed by atoms with van der Waals surface area (Å²) in [5, 5.41) is -1.69. The average molecular weight is 326 g/mol. The lowest BCUT2D eigenvalue weighted by atomic mass is 10.0. The number of alkyl halides is 4. The van der Waals surface area contributed by atoms with Crippen molar-refractivity contribution in [2.45, 2.75) is 9.17 Å². The number of rotatable bonds is 4. The molecule has 0 bridgehead atoms. The van der Waals surface area contributed by atoms with Crippen LogP contribution in [0.1, 0.15) is 0 Å². The SMILES string of the molecule is COC(=O)C(C(=O)OC)C(Cl)C(=O)C(Cl)(Cl)Cl. The number of halogens is 4. The molecule has 98 valence electrons. The Morgan fingerprint density at radius 1 is 1.00 bits per heavy atom. The Bertz CT molecular complexity index is 308. The molecule has 0 aliphatic carbocycles. The van der Waals surface area contributed by atoms with Gasteiger partial charge in [-0.25, -0.2) is 0 Å². The molecule has 0 aromatic heterocycles. The van der Waals surface area contributed by atoms with Gasteiger partial charge in [-0.3, -0.25) is 14.4 Å². The minimum atomic E-state index is -2.34. The maximum absolute atomic E-state index is 11.5. The molecule has 1 atom stereocenters. The smallest absolute Gasteiger partial charge is 0.322 e. The number of ketones is 1. The van der Waals surface area contributed by atoms with Crippen molar-refractivity contribution in [2.75, 3.05) is 14.2 Å². The summed E-state index contributed by atoms with van der Waals surface area (Å²) in [5.41, 5.74) is 0. The molecule has 9 heteroatoms. The van der Waals surface area contributed by atoms with Crippen LogP contribution in [0.3, 0.4) is 0 Å². The zero-order valence-electron chi connectivity index (χ0n) is 8.71. The number of ether oxygens (including phenoxy) is 2. The van der Waals surface area contributed by atoms with Crippen LogP contribution in [0, 0.1) is 5.92 Å². The van der Waals surface area contributed by atoms with Gasteiger partial charge < -0.3 is 9.47 Å². The van der Waals surface area contributed by atoms with Crippen LogP contribution in [0.25, 0.3) is 0 Å². The lowest BCUT2D eigenvalue weighted by molar-refractivity contribution is -0.160. The van der Waals surface area contributed by atoms with Crippen molar-refractivity contribution in [3.8, 4) is 0 Å². The highest BCUT2D eigenvalue weighted by atomic mass is 35.6. The van der Waals surface area contributed by atoms with E-state index in [2.05, 4.69) is 9.47 Å². The molecule has 0 aliphatic rings. The maximum Gasteiger partial charge on any atom is 0.322 e. The van der Waals surface area contributed by atoms with Gasteiger partial charge in [0.25, 0.3) is 0 Å². The number of methoxy groups -OCH3 is 2. The first-order valence-electron chi connectivity index (χ1n) is 4.07. The van der Waals surface area contributed by atoms with Crippen molar-refractivity contribution in [3.63, 3.8) is 0 Å². The molecule has 0 fully saturated rings. The van der Waals surface area contributed by atoms with Crippen LogP contribution in [-0.4, -0.2) is 41.1 Å². The second kappa shape index (κ2) is 6.64. The van der Waals surface area contributed by atoms with Crippen LogP contribution < -0.4 is 0 Å². The third-order valence-corrected chi connectivity index (χ3v) is 2.74. The summed E-state index contributed by atoms with van der Waals surface area (Å²) in [6.45, 7) is 0. The van der Waals surface area contributed by atoms with E-state index >= 15 is 0 Å². The molecule has 0 aromatic rings. The van der Waals surface area contributed by atoms with Gasteiger partial charge in [0.2, 0.25) is 9.58 Å². The van der Waals surface area contributed by atoms with Crippen LogP contribution in [0.2, 0.25) is 0 Å². The molecule has 0 spiro atoms. The van der Waals surface area contributed by atoms with Crippen LogP contribution >= 0.6 is 46.4 Å². The molecule has 1 unspecified atom stereocenters. The monoisotopic (exact) mass is 324 g/mol. The van der Waals surface area contributed by atoms with Crippen molar-refractivity contribution in [1.82, 2.24) is 0 Å². The third kappa shape index (κ3) is 4.50. The highest BCUT2D eigenvalue weighted by Crippen LogP contribution is 2.32. The van der Waals surface area contributed by atoms with Crippen molar-refractivity contribution in [2.24, 2.45) is 5.92 Å². The second-order valence-electron chi connectivity index (χ2n) is 2.79. The normalized spacial score (nSPS) is 13.1. The van der Waals surface area contributed by atoms with E-state index in [-0.39, 0.29) is 0 Å². The van der Waals surface area contributed by atoms with Gasteiger partial charge >= 0.3 is 11.9 Å². The largest absolute Gasteiger partial charge is 0.468 e. The summed E-state index contributed by atoms with van der Waals surface area (Å²) in [6.07, 6.45) is 0. The van der Waals surface area contributed by atoms with E-state index in [0.717, 1.165) is 14.2 Å². The highest BCUT2D eigenvalue weighted by Gasteiger charge is 2.46. The fraction of sp³-hybridized carbons (Fsp3) is 0.625. The van der Waals surface area contributed by atoms with Gasteiger partial charge in [0.05, 0.1) is 14.2 Å². The molecule has 0 saturated carbocycles. The standard InChI is InChI=1S/C8H8Cl4O5/c1-16-6(14)3(7(15)17-2)4(9)5(13)8(10,11)12/h3-4H,1-2H3. The molecule has 0 radical (unpaired) electrons. The number of hydrogen-bond donors (Lipinski definition) is 0.